The van der Waals surface area contributed by atoms with E-state index in [0.29, 0.717) is 25.7 Å². The van der Waals surface area contributed by atoms with E-state index >= 15 is 0 Å². The van der Waals surface area contributed by atoms with Crippen molar-refractivity contribution in [2.75, 3.05) is 7.11 Å². The van der Waals surface area contributed by atoms with E-state index in [2.05, 4.69) is 10.3 Å². The van der Waals surface area contributed by atoms with Gasteiger partial charge < -0.3 is 9.47 Å². The average Bonchev–Trinajstić information content (AvgIpc) is 3.53. The van der Waals surface area contributed by atoms with Crippen LogP contribution in [0.25, 0.3) is 0 Å². The maximum Gasteiger partial charge on any atom is 0.460 e. The Bertz CT molecular complexity index is 1710. The molecule has 4 rings (SSSR count). The van der Waals surface area contributed by atoms with E-state index in [1.165, 1.54) is 7.11 Å². The van der Waals surface area contributed by atoms with Gasteiger partial charge >= 0.3 is 53.6 Å². The van der Waals surface area contributed by atoms with E-state index in [1.807, 2.05) is 13.8 Å². The summed E-state index contributed by atoms with van der Waals surface area (Å²) in [6.45, 7) is 1.75. The van der Waals surface area contributed by atoms with Crippen LogP contribution in [-0.2, 0) is 34.5 Å². The van der Waals surface area contributed by atoms with E-state index in [0.717, 1.165) is 23.7 Å². The minimum Gasteiger partial charge on any atom is -0.487 e. The van der Waals surface area contributed by atoms with E-state index in [1.54, 1.807) is 18.2 Å². The van der Waals surface area contributed by atoms with Gasteiger partial charge in [-0.05, 0) is 67.2 Å². The molecular weight excluding hydrogens is 785 g/mol. The molecule has 1 fully saturated rings. The van der Waals surface area contributed by atoms with Crippen molar-refractivity contribution in [3.8, 4) is 5.75 Å². The summed E-state index contributed by atoms with van der Waals surface area (Å²) in [6.07, 6.45) is -6.38. The van der Waals surface area contributed by atoms with Crippen LogP contribution >= 0.6 is 0 Å². The van der Waals surface area contributed by atoms with Crippen LogP contribution in [0, 0.1) is 11.3 Å². The molecule has 0 spiro atoms. The van der Waals surface area contributed by atoms with Crippen LogP contribution in [0.4, 0.5) is 74.6 Å². The molecule has 6 nitrogen and oxygen atoms in total. The van der Waals surface area contributed by atoms with Crippen LogP contribution in [0.5, 0.6) is 5.75 Å². The number of halogens is 17. The fraction of sp³-hybridized carbons (Fsp3) is 0.710. The highest BCUT2D eigenvalue weighted by molar-refractivity contribution is 5.77. The number of alkyl halides is 17. The first-order valence-electron chi connectivity index (χ1n) is 15.8. The normalized spacial score (nSPS) is 23.4. The number of methoxy groups -OCH3 is 1. The van der Waals surface area contributed by atoms with E-state index in [-0.39, 0.29) is 28.0 Å². The second kappa shape index (κ2) is 13.3. The summed E-state index contributed by atoms with van der Waals surface area (Å²) in [6, 6.07) is 5.09. The predicted octanol–water partition coefficient (Wildman–Crippen LogP) is 9.44. The van der Waals surface area contributed by atoms with Crippen molar-refractivity contribution >= 4 is 5.97 Å². The number of benzene rings is 1. The number of fused-ring (bicyclic) bond motifs is 3. The molecule has 1 aromatic heterocycles. The van der Waals surface area contributed by atoms with Gasteiger partial charge in [0.1, 0.15) is 18.1 Å². The Morgan fingerprint density at radius 2 is 1.37 bits per heavy atom. The van der Waals surface area contributed by atoms with E-state index < -0.39 is 78.0 Å². The Kier molecular flexibility index (Phi) is 10.6. The zero-order valence-electron chi connectivity index (χ0n) is 28.0. The van der Waals surface area contributed by atoms with Crippen molar-refractivity contribution in [2.45, 2.75) is 119 Å². The molecule has 0 amide bonds. The fourth-order valence-electron chi connectivity index (χ4n) is 7.29. The second-order valence-electron chi connectivity index (χ2n) is 13.8. The number of aryl methyl sites for hydroxylation is 2. The molecule has 2 aliphatic carbocycles. The number of carbonyl (C=O) groups is 1. The van der Waals surface area contributed by atoms with Crippen LogP contribution in [0.15, 0.2) is 24.4 Å². The lowest BCUT2D eigenvalue weighted by Crippen LogP contribution is -2.74. The molecule has 54 heavy (non-hydrogen) atoms. The smallest absolute Gasteiger partial charge is 0.460 e. The third-order valence-electron chi connectivity index (χ3n) is 10.4. The largest absolute Gasteiger partial charge is 0.487 e. The third kappa shape index (κ3) is 6.31. The van der Waals surface area contributed by atoms with Gasteiger partial charge in [0.15, 0.2) is 0 Å². The van der Waals surface area contributed by atoms with Crippen molar-refractivity contribution in [3.63, 3.8) is 0 Å². The topological polar surface area (TPSA) is 66.2 Å². The molecule has 306 valence electrons. The van der Waals surface area contributed by atoms with Crippen molar-refractivity contribution in [1.29, 1.82) is 0 Å². The van der Waals surface area contributed by atoms with Crippen LogP contribution in [0.1, 0.15) is 62.8 Å². The van der Waals surface area contributed by atoms with Crippen LogP contribution in [0.3, 0.4) is 0 Å². The highest BCUT2D eigenvalue weighted by Crippen LogP contribution is 2.64. The number of hydrogen-bond acceptors (Lipinski definition) is 5. The highest BCUT2D eigenvalue weighted by Gasteiger charge is 2.95. The van der Waals surface area contributed by atoms with Gasteiger partial charge in [-0.3, -0.25) is 9.48 Å². The summed E-state index contributed by atoms with van der Waals surface area (Å²) in [5.74, 6) is -56.9. The number of rotatable bonds is 13. The van der Waals surface area contributed by atoms with E-state index in [4.69, 9.17) is 9.47 Å². The Morgan fingerprint density at radius 3 is 1.93 bits per heavy atom. The molecule has 2 aliphatic rings. The molecule has 0 N–H and O–H groups in total. The summed E-state index contributed by atoms with van der Waals surface area (Å²) >= 11 is 0. The summed E-state index contributed by atoms with van der Waals surface area (Å²) in [5.41, 5.74) is 0.415. The van der Waals surface area contributed by atoms with Crippen molar-refractivity contribution in [1.82, 2.24) is 15.0 Å². The Hall–Kier alpha value is -3.56. The predicted molar refractivity (Wildman–Crippen MR) is 149 cm³/mol. The molecule has 2 aromatic rings. The number of aromatic nitrogens is 3. The van der Waals surface area contributed by atoms with Gasteiger partial charge in [-0.15, -0.1) is 5.10 Å². The maximum absolute atomic E-state index is 14.4. The van der Waals surface area contributed by atoms with Gasteiger partial charge in [-0.2, -0.15) is 74.6 Å². The standard InChI is InChI=1S/C31H30F17N3O3/c1-22-9-4-10-23(2,21(52)53-3)20(22)8-6-16-5-7-18(13-19(16)22)54-15-17-14-51(50-49-17)12-11-24(32,33)25(34,35)26(36,37)27(38,39)28(40,41)29(42,43)30(44,45)31(46,47)48/h5,7,13-14,20H,4,6,8-12,15H2,1-3H3/t20-,22-,23+/m1/s1. The van der Waals surface area contributed by atoms with Gasteiger partial charge in [0.2, 0.25) is 0 Å². The molecule has 3 atom stereocenters. The maximum atomic E-state index is 14.4. The Labute approximate surface area is 294 Å². The fourth-order valence-corrected chi connectivity index (χ4v) is 7.29. The molecular formula is C31H30F17N3O3. The molecule has 1 aromatic carbocycles. The summed E-state index contributed by atoms with van der Waals surface area (Å²) < 4.78 is 241. The van der Waals surface area contributed by atoms with Gasteiger partial charge in [0, 0.05) is 13.0 Å². The molecule has 1 saturated carbocycles. The SMILES string of the molecule is COC(=O)[C@@]1(C)CCC[C@]2(C)c3cc(OCc4cn(CCC(F)(F)C(F)(F)C(F)(F)C(F)(F)C(F)(F)C(F)(F)C(F)(F)C(F)(F)F)nn4)ccc3CC[C@@H]12. The summed E-state index contributed by atoms with van der Waals surface area (Å²) in [5, 5.41) is 6.73. The molecule has 0 radical (unpaired) electrons. The molecule has 0 aliphatic heterocycles. The van der Waals surface area contributed by atoms with Crippen molar-refractivity contribution in [3.05, 3.63) is 41.2 Å². The van der Waals surface area contributed by atoms with Crippen molar-refractivity contribution in [2.24, 2.45) is 11.3 Å². The first-order valence-corrected chi connectivity index (χ1v) is 15.8. The quantitative estimate of drug-likeness (QED) is 0.149. The minimum atomic E-state index is -8.68. The van der Waals surface area contributed by atoms with Gasteiger partial charge in [-0.1, -0.05) is 24.6 Å². The summed E-state index contributed by atoms with van der Waals surface area (Å²) in [4.78, 5) is 12.8. The lowest BCUT2D eigenvalue weighted by Gasteiger charge is -2.54. The van der Waals surface area contributed by atoms with Crippen molar-refractivity contribution < 1.29 is 88.9 Å². The zero-order chi connectivity index (χ0) is 41.4. The Balaban J connectivity index is 1.47. The molecule has 0 saturated heterocycles. The second-order valence-corrected chi connectivity index (χ2v) is 13.8. The molecule has 0 unspecified atom stereocenters. The third-order valence-corrected chi connectivity index (χ3v) is 10.4. The first kappa shape index (κ1) is 43.2. The van der Waals surface area contributed by atoms with Crippen LogP contribution < -0.4 is 4.74 Å². The number of hydrogen-bond donors (Lipinski definition) is 0. The summed E-state index contributed by atoms with van der Waals surface area (Å²) in [7, 11) is 1.30. The highest BCUT2D eigenvalue weighted by atomic mass is 19.4. The van der Waals surface area contributed by atoms with Crippen LogP contribution in [0.2, 0.25) is 0 Å². The molecule has 1 heterocycles. The average molecular weight is 816 g/mol. The van der Waals surface area contributed by atoms with E-state index in [9.17, 15) is 79.4 Å². The number of nitrogens with zero attached hydrogens (tertiary/aromatic N) is 3. The number of carbonyl (C=O) groups excluding carboxylic acids is 1. The molecule has 0 bridgehead atoms. The number of esters is 1. The lowest BCUT2D eigenvalue weighted by molar-refractivity contribution is -0.461. The van der Waals surface area contributed by atoms with Gasteiger partial charge in [0.05, 0.1) is 18.7 Å². The first-order chi connectivity index (χ1) is 24.3. The monoisotopic (exact) mass is 815 g/mol. The zero-order valence-corrected chi connectivity index (χ0v) is 28.0. The minimum absolute atomic E-state index is 0.0953. The Morgan fingerprint density at radius 1 is 0.815 bits per heavy atom. The van der Waals surface area contributed by atoms with Crippen LogP contribution in [-0.4, -0.2) is 75.7 Å². The van der Waals surface area contributed by atoms with Gasteiger partial charge in [-0.25, -0.2) is 0 Å². The van der Waals surface area contributed by atoms with Gasteiger partial charge in [0.25, 0.3) is 0 Å². The lowest BCUT2D eigenvalue weighted by atomic mass is 9.50. The molecule has 23 heteroatoms. The number of ether oxygens (including phenoxy) is 2.